The van der Waals surface area contributed by atoms with Crippen LogP contribution >= 0.6 is 0 Å². The molecule has 0 spiro atoms. The van der Waals surface area contributed by atoms with Crippen molar-refractivity contribution in [2.75, 3.05) is 13.1 Å². The maximum atomic E-state index is 6.33. The fourth-order valence-corrected chi connectivity index (χ4v) is 3.95. The summed E-state index contributed by atoms with van der Waals surface area (Å²) in [6.45, 7) is 10.9. The molecule has 0 saturated carbocycles. The monoisotopic (exact) mass is 352 g/mol. The molecule has 132 valence electrons. The average molecular weight is 353 g/mol. The predicted molar refractivity (Wildman–Crippen MR) is 109 cm³/mol. The van der Waals surface area contributed by atoms with Gasteiger partial charge in [0.05, 0.1) is 0 Å². The van der Waals surface area contributed by atoms with Crippen LogP contribution in [0.25, 0.3) is 0 Å². The molecule has 1 heterocycles. The van der Waals surface area contributed by atoms with Gasteiger partial charge >= 0.3 is 0 Å². The number of likely N-dealkylation sites (tertiary alicyclic amines) is 1. The highest BCUT2D eigenvalue weighted by molar-refractivity contribution is 6.70. The van der Waals surface area contributed by atoms with E-state index in [4.69, 9.17) is 9.42 Å². The quantitative estimate of drug-likeness (QED) is 0.419. The first-order valence-corrected chi connectivity index (χ1v) is 12.5. The molecule has 4 heteroatoms. The molecule has 1 aliphatic heterocycles. The second-order valence-corrected chi connectivity index (χ2v) is 12.1. The molecule has 3 nitrogen and oxygen atoms in total. The highest BCUT2D eigenvalue weighted by Gasteiger charge is 2.22. The van der Waals surface area contributed by atoms with E-state index in [2.05, 4.69) is 80.0 Å². The van der Waals surface area contributed by atoms with Crippen LogP contribution in [0.2, 0.25) is 19.6 Å². The van der Waals surface area contributed by atoms with Gasteiger partial charge in [0.1, 0.15) is 17.3 Å². The van der Waals surface area contributed by atoms with Gasteiger partial charge in [-0.25, -0.2) is 4.99 Å². The normalized spacial score (nSPS) is 15.5. The fourth-order valence-electron chi connectivity index (χ4n) is 3.13. The SMILES string of the molecule is Cc1cccc(O[Si](C)(C)C)c1N=C(c1ccccc1)N1CCCC1. The second kappa shape index (κ2) is 7.44. The molecule has 0 amide bonds. The Morgan fingerprint density at radius 1 is 0.960 bits per heavy atom. The van der Waals surface area contributed by atoms with E-state index in [-0.39, 0.29) is 0 Å². The van der Waals surface area contributed by atoms with E-state index in [1.807, 2.05) is 0 Å². The van der Waals surface area contributed by atoms with Crippen LogP contribution in [-0.2, 0) is 0 Å². The third-order valence-corrected chi connectivity index (χ3v) is 5.10. The van der Waals surface area contributed by atoms with Gasteiger partial charge in [-0.05, 0) is 51.0 Å². The topological polar surface area (TPSA) is 24.8 Å². The highest BCUT2D eigenvalue weighted by Crippen LogP contribution is 2.34. The van der Waals surface area contributed by atoms with E-state index in [1.165, 1.54) is 18.4 Å². The number of aryl methyl sites for hydroxylation is 1. The summed E-state index contributed by atoms with van der Waals surface area (Å²) in [5, 5.41) is 0. The number of hydrogen-bond acceptors (Lipinski definition) is 2. The summed E-state index contributed by atoms with van der Waals surface area (Å²) >= 11 is 0. The molecular weight excluding hydrogens is 324 g/mol. The number of rotatable bonds is 4. The van der Waals surface area contributed by atoms with Gasteiger partial charge in [0.15, 0.2) is 0 Å². The van der Waals surface area contributed by atoms with Gasteiger partial charge in [-0.3, -0.25) is 0 Å². The third-order valence-electron chi connectivity index (χ3n) is 4.27. The number of nitrogens with zero attached hydrogens (tertiary/aromatic N) is 2. The zero-order chi connectivity index (χ0) is 17.9. The smallest absolute Gasteiger partial charge is 0.242 e. The molecule has 2 aromatic carbocycles. The van der Waals surface area contributed by atoms with Gasteiger partial charge in [0, 0.05) is 18.7 Å². The minimum Gasteiger partial charge on any atom is -0.543 e. The zero-order valence-corrected chi connectivity index (χ0v) is 16.7. The summed E-state index contributed by atoms with van der Waals surface area (Å²) in [6.07, 6.45) is 2.47. The molecule has 1 aliphatic rings. The van der Waals surface area contributed by atoms with E-state index >= 15 is 0 Å². The fraction of sp³-hybridized carbons (Fsp3) is 0.381. The molecule has 0 aromatic heterocycles. The lowest BCUT2D eigenvalue weighted by Crippen LogP contribution is -2.30. The maximum Gasteiger partial charge on any atom is 0.242 e. The van der Waals surface area contributed by atoms with Gasteiger partial charge in [-0.1, -0.05) is 42.5 Å². The Morgan fingerprint density at radius 3 is 2.28 bits per heavy atom. The first kappa shape index (κ1) is 17.7. The van der Waals surface area contributed by atoms with Gasteiger partial charge in [-0.15, -0.1) is 0 Å². The molecule has 1 saturated heterocycles. The van der Waals surface area contributed by atoms with Crippen LogP contribution in [0.5, 0.6) is 5.75 Å². The summed E-state index contributed by atoms with van der Waals surface area (Å²) in [7, 11) is -1.70. The van der Waals surface area contributed by atoms with Gasteiger partial charge in [0.2, 0.25) is 8.32 Å². The largest absolute Gasteiger partial charge is 0.543 e. The summed E-state index contributed by atoms with van der Waals surface area (Å²) in [5.74, 6) is 1.97. The Balaban J connectivity index is 2.08. The van der Waals surface area contributed by atoms with Crippen molar-refractivity contribution in [2.45, 2.75) is 39.4 Å². The molecule has 1 fully saturated rings. The Bertz CT molecular complexity index is 744. The highest BCUT2D eigenvalue weighted by atomic mass is 28.4. The van der Waals surface area contributed by atoms with Crippen molar-refractivity contribution >= 4 is 19.8 Å². The van der Waals surface area contributed by atoms with Crippen molar-refractivity contribution in [3.05, 3.63) is 59.7 Å². The summed E-state index contributed by atoms with van der Waals surface area (Å²) in [4.78, 5) is 7.54. The van der Waals surface area contributed by atoms with Crippen LogP contribution in [0.4, 0.5) is 5.69 Å². The van der Waals surface area contributed by atoms with Gasteiger partial charge in [-0.2, -0.15) is 0 Å². The molecule has 0 N–H and O–H groups in total. The van der Waals surface area contributed by atoms with Crippen molar-refractivity contribution in [3.63, 3.8) is 0 Å². The third kappa shape index (κ3) is 4.51. The van der Waals surface area contributed by atoms with Gasteiger partial charge < -0.3 is 9.33 Å². The van der Waals surface area contributed by atoms with Crippen LogP contribution in [0.3, 0.4) is 0 Å². The lowest BCUT2D eigenvalue weighted by Gasteiger charge is -2.24. The van der Waals surface area contributed by atoms with Crippen LogP contribution in [0.1, 0.15) is 24.0 Å². The lowest BCUT2D eigenvalue weighted by atomic mass is 10.1. The van der Waals surface area contributed by atoms with E-state index in [1.54, 1.807) is 0 Å². The van der Waals surface area contributed by atoms with Crippen molar-refractivity contribution in [1.29, 1.82) is 0 Å². The van der Waals surface area contributed by atoms with Crippen LogP contribution < -0.4 is 4.43 Å². The number of para-hydroxylation sites is 1. The number of benzene rings is 2. The average Bonchev–Trinajstić information content (AvgIpc) is 3.08. The Hall–Kier alpha value is -2.07. The first-order valence-electron chi connectivity index (χ1n) is 9.12. The summed E-state index contributed by atoms with van der Waals surface area (Å²) < 4.78 is 6.33. The molecule has 0 unspecified atom stereocenters. The molecule has 0 radical (unpaired) electrons. The van der Waals surface area contributed by atoms with E-state index < -0.39 is 8.32 Å². The van der Waals surface area contributed by atoms with Crippen LogP contribution in [0, 0.1) is 6.92 Å². The van der Waals surface area contributed by atoms with Gasteiger partial charge in [0.25, 0.3) is 0 Å². The van der Waals surface area contributed by atoms with Crippen molar-refractivity contribution in [2.24, 2.45) is 4.99 Å². The van der Waals surface area contributed by atoms with E-state index in [9.17, 15) is 0 Å². The summed E-state index contributed by atoms with van der Waals surface area (Å²) in [5.41, 5.74) is 3.30. The lowest BCUT2D eigenvalue weighted by molar-refractivity contribution is 0.519. The Kier molecular flexibility index (Phi) is 5.28. The Morgan fingerprint density at radius 2 is 1.64 bits per heavy atom. The summed E-state index contributed by atoms with van der Waals surface area (Å²) in [6, 6.07) is 16.7. The zero-order valence-electron chi connectivity index (χ0n) is 15.7. The van der Waals surface area contributed by atoms with E-state index in [0.29, 0.717) is 0 Å². The molecule has 3 rings (SSSR count). The molecular formula is C21H28N2OSi. The molecule has 2 aromatic rings. The van der Waals surface area contributed by atoms with Crippen LogP contribution in [0.15, 0.2) is 53.5 Å². The Labute approximate surface area is 152 Å². The maximum absolute atomic E-state index is 6.33. The minimum absolute atomic E-state index is 0.909. The number of aliphatic imine (C=N–C) groups is 1. The molecule has 0 bridgehead atoms. The number of hydrogen-bond donors (Lipinski definition) is 0. The van der Waals surface area contributed by atoms with Crippen molar-refractivity contribution < 1.29 is 4.43 Å². The second-order valence-electron chi connectivity index (χ2n) is 7.63. The van der Waals surface area contributed by atoms with Crippen molar-refractivity contribution in [1.82, 2.24) is 4.90 Å². The molecule has 0 aliphatic carbocycles. The van der Waals surface area contributed by atoms with Crippen molar-refractivity contribution in [3.8, 4) is 5.75 Å². The standard InChI is InChI=1S/C21H28N2OSi/c1-17-11-10-14-19(24-25(2,3)4)20(17)22-21(23-15-8-9-16-23)18-12-6-5-7-13-18/h5-7,10-14H,8-9,15-16H2,1-4H3. The number of amidine groups is 1. The first-order chi connectivity index (χ1) is 11.9. The predicted octanol–water partition coefficient (Wildman–Crippen LogP) is 5.38. The molecule has 0 atom stereocenters. The van der Waals surface area contributed by atoms with E-state index in [0.717, 1.165) is 35.9 Å². The molecule has 25 heavy (non-hydrogen) atoms. The minimum atomic E-state index is -1.70. The van der Waals surface area contributed by atoms with Crippen LogP contribution in [-0.4, -0.2) is 32.1 Å².